The number of imide groups is 1. The third-order valence-corrected chi connectivity index (χ3v) is 9.51. The Morgan fingerprint density at radius 3 is 1.52 bits per heavy atom. The molecule has 168 valence electrons. The molecule has 0 aromatic heterocycles. The minimum absolute atomic E-state index is 0.213. The molecule has 0 fully saturated rings. The van der Waals surface area contributed by atoms with Crippen LogP contribution in [0.3, 0.4) is 0 Å². The predicted molar refractivity (Wildman–Crippen MR) is 112 cm³/mol. The van der Waals surface area contributed by atoms with Crippen molar-refractivity contribution in [1.82, 2.24) is 4.90 Å². The standard InChI is InChI=1S/C20H37NO7Si/c1-20(2,3)29(4,5)28-17-16-27-15-14-26-13-12-25-11-10-24-9-8-21-18(22)6-7-19(21)23/h6-7H,8-17H2,1-5H3. The largest absolute Gasteiger partial charge is 0.414 e. The lowest BCUT2D eigenvalue weighted by atomic mass is 10.2. The van der Waals surface area contributed by atoms with Crippen LogP contribution in [0.25, 0.3) is 0 Å². The van der Waals surface area contributed by atoms with E-state index in [-0.39, 0.29) is 23.4 Å². The molecular formula is C20H37NO7Si. The van der Waals surface area contributed by atoms with Crippen molar-refractivity contribution in [1.29, 1.82) is 0 Å². The lowest BCUT2D eigenvalue weighted by Crippen LogP contribution is -2.41. The fourth-order valence-electron chi connectivity index (χ4n) is 2.14. The van der Waals surface area contributed by atoms with Gasteiger partial charge in [-0.25, -0.2) is 0 Å². The Morgan fingerprint density at radius 2 is 1.10 bits per heavy atom. The summed E-state index contributed by atoms with van der Waals surface area (Å²) < 4.78 is 27.8. The quantitative estimate of drug-likeness (QED) is 0.210. The van der Waals surface area contributed by atoms with Gasteiger partial charge in [0.2, 0.25) is 0 Å². The molecule has 1 rings (SSSR count). The maximum Gasteiger partial charge on any atom is 0.253 e. The summed E-state index contributed by atoms with van der Waals surface area (Å²) in [6, 6.07) is 0. The zero-order valence-corrected chi connectivity index (χ0v) is 19.5. The van der Waals surface area contributed by atoms with Crippen LogP contribution < -0.4 is 0 Å². The minimum atomic E-state index is -1.69. The molecular weight excluding hydrogens is 394 g/mol. The molecule has 0 bridgehead atoms. The summed E-state index contributed by atoms with van der Waals surface area (Å²) >= 11 is 0. The Balaban J connectivity index is 1.81. The van der Waals surface area contributed by atoms with Crippen LogP contribution in [0, 0.1) is 0 Å². The summed E-state index contributed by atoms with van der Waals surface area (Å²) in [5, 5.41) is 0.213. The van der Waals surface area contributed by atoms with Crippen molar-refractivity contribution >= 4 is 20.1 Å². The van der Waals surface area contributed by atoms with Crippen LogP contribution in [-0.4, -0.2) is 91.0 Å². The molecule has 9 heteroatoms. The van der Waals surface area contributed by atoms with E-state index in [0.29, 0.717) is 59.5 Å². The van der Waals surface area contributed by atoms with Gasteiger partial charge in [0.1, 0.15) is 0 Å². The van der Waals surface area contributed by atoms with Gasteiger partial charge in [-0.1, -0.05) is 20.8 Å². The molecule has 1 aliphatic rings. The van der Waals surface area contributed by atoms with Crippen LogP contribution in [-0.2, 0) is 33.0 Å². The first kappa shape index (κ1) is 25.9. The van der Waals surface area contributed by atoms with E-state index >= 15 is 0 Å². The summed E-state index contributed by atoms with van der Waals surface area (Å²) in [5.74, 6) is -0.585. The zero-order valence-electron chi connectivity index (χ0n) is 18.5. The van der Waals surface area contributed by atoms with Gasteiger partial charge in [-0.3, -0.25) is 14.5 Å². The first-order valence-corrected chi connectivity index (χ1v) is 13.0. The Hall–Kier alpha value is -1.10. The molecule has 29 heavy (non-hydrogen) atoms. The van der Waals surface area contributed by atoms with Crippen LogP contribution >= 0.6 is 0 Å². The Kier molecular flexibility index (Phi) is 11.8. The average Bonchev–Trinajstić information content (AvgIpc) is 2.95. The molecule has 8 nitrogen and oxygen atoms in total. The van der Waals surface area contributed by atoms with Crippen LogP contribution in [0.1, 0.15) is 20.8 Å². The number of hydrogen-bond donors (Lipinski definition) is 0. The minimum Gasteiger partial charge on any atom is -0.414 e. The molecule has 0 N–H and O–H groups in total. The first-order valence-electron chi connectivity index (χ1n) is 10.1. The molecule has 2 amide bonds. The Bertz CT molecular complexity index is 513. The van der Waals surface area contributed by atoms with Gasteiger partial charge < -0.3 is 23.4 Å². The number of carbonyl (C=O) groups is 2. The number of ether oxygens (including phenoxy) is 4. The maximum absolute atomic E-state index is 11.3. The molecule has 1 heterocycles. The van der Waals surface area contributed by atoms with E-state index < -0.39 is 8.32 Å². The van der Waals surface area contributed by atoms with E-state index in [1.807, 2.05) is 0 Å². The third kappa shape index (κ3) is 10.5. The smallest absolute Gasteiger partial charge is 0.253 e. The molecule has 0 aliphatic carbocycles. The second kappa shape index (κ2) is 13.3. The van der Waals surface area contributed by atoms with Crippen molar-refractivity contribution in [2.75, 3.05) is 66.0 Å². The van der Waals surface area contributed by atoms with Crippen molar-refractivity contribution < 1.29 is 33.0 Å². The highest BCUT2D eigenvalue weighted by Crippen LogP contribution is 2.36. The van der Waals surface area contributed by atoms with E-state index in [4.69, 9.17) is 23.4 Å². The van der Waals surface area contributed by atoms with E-state index in [2.05, 4.69) is 33.9 Å². The monoisotopic (exact) mass is 431 g/mol. The van der Waals surface area contributed by atoms with Gasteiger partial charge in [-0.05, 0) is 18.1 Å². The fraction of sp³-hybridized carbons (Fsp3) is 0.800. The van der Waals surface area contributed by atoms with Gasteiger partial charge in [-0.15, -0.1) is 0 Å². The van der Waals surface area contributed by atoms with Crippen LogP contribution in [0.5, 0.6) is 0 Å². The lowest BCUT2D eigenvalue weighted by Gasteiger charge is -2.36. The molecule has 0 saturated heterocycles. The molecule has 1 aliphatic heterocycles. The van der Waals surface area contributed by atoms with Crippen molar-refractivity contribution in [3.8, 4) is 0 Å². The zero-order chi connectivity index (χ0) is 21.8. The molecule has 0 atom stereocenters. The Morgan fingerprint density at radius 1 is 0.724 bits per heavy atom. The lowest BCUT2D eigenvalue weighted by molar-refractivity contribution is -0.137. The summed E-state index contributed by atoms with van der Waals surface area (Å²) in [7, 11) is -1.69. The highest BCUT2D eigenvalue weighted by molar-refractivity contribution is 6.74. The van der Waals surface area contributed by atoms with Gasteiger partial charge >= 0.3 is 0 Å². The van der Waals surface area contributed by atoms with E-state index in [1.54, 1.807) is 0 Å². The SMILES string of the molecule is CC(C)(C)[Si](C)(C)OCCOCCOCCOCCOCCN1C(=O)C=CC1=O. The van der Waals surface area contributed by atoms with Gasteiger partial charge in [0.15, 0.2) is 8.32 Å². The maximum atomic E-state index is 11.3. The van der Waals surface area contributed by atoms with E-state index in [9.17, 15) is 9.59 Å². The van der Waals surface area contributed by atoms with Crippen LogP contribution in [0.2, 0.25) is 18.1 Å². The highest BCUT2D eigenvalue weighted by Gasteiger charge is 2.36. The molecule has 0 radical (unpaired) electrons. The summed E-state index contributed by atoms with van der Waals surface area (Å²) in [4.78, 5) is 23.8. The predicted octanol–water partition coefficient (Wildman–Crippen LogP) is 2.00. The number of rotatable bonds is 16. The second-order valence-corrected chi connectivity index (χ2v) is 13.0. The van der Waals surface area contributed by atoms with Crippen LogP contribution in [0.4, 0.5) is 0 Å². The number of amides is 2. The summed E-state index contributed by atoms with van der Waals surface area (Å²) in [6.45, 7) is 15.7. The Labute approximate surface area is 175 Å². The first-order chi connectivity index (χ1) is 13.6. The average molecular weight is 432 g/mol. The summed E-state index contributed by atoms with van der Waals surface area (Å²) in [5.41, 5.74) is 0. The van der Waals surface area contributed by atoms with Gasteiger partial charge in [-0.2, -0.15) is 0 Å². The second-order valence-electron chi connectivity index (χ2n) is 8.22. The van der Waals surface area contributed by atoms with Gasteiger partial charge in [0.25, 0.3) is 11.8 Å². The molecule has 0 aromatic rings. The third-order valence-electron chi connectivity index (χ3n) is 4.97. The van der Waals surface area contributed by atoms with Crippen molar-refractivity contribution in [3.63, 3.8) is 0 Å². The van der Waals surface area contributed by atoms with Crippen molar-refractivity contribution in [2.24, 2.45) is 0 Å². The molecule has 0 spiro atoms. The summed E-state index contributed by atoms with van der Waals surface area (Å²) in [6.07, 6.45) is 2.53. The van der Waals surface area contributed by atoms with Gasteiger partial charge in [0, 0.05) is 12.2 Å². The van der Waals surface area contributed by atoms with Gasteiger partial charge in [0.05, 0.1) is 66.0 Å². The number of nitrogens with zero attached hydrogens (tertiary/aromatic N) is 1. The highest BCUT2D eigenvalue weighted by atomic mass is 28.4. The number of carbonyl (C=O) groups excluding carboxylic acids is 2. The van der Waals surface area contributed by atoms with Crippen molar-refractivity contribution in [3.05, 3.63) is 12.2 Å². The fourth-order valence-corrected chi connectivity index (χ4v) is 3.17. The topological polar surface area (TPSA) is 83.5 Å². The number of hydrogen-bond acceptors (Lipinski definition) is 7. The van der Waals surface area contributed by atoms with Crippen molar-refractivity contribution in [2.45, 2.75) is 38.9 Å². The molecule has 0 saturated carbocycles. The molecule has 0 aromatic carbocycles. The molecule has 0 unspecified atom stereocenters. The van der Waals surface area contributed by atoms with E-state index in [1.165, 1.54) is 12.2 Å². The van der Waals surface area contributed by atoms with E-state index in [0.717, 1.165) is 4.90 Å². The normalized spacial score (nSPS) is 15.0. The van der Waals surface area contributed by atoms with Crippen LogP contribution in [0.15, 0.2) is 12.2 Å².